The molecule has 0 aliphatic carbocycles. The number of aromatic hydroxyl groups is 1. The van der Waals surface area contributed by atoms with E-state index in [0.29, 0.717) is 105 Å². The molecule has 1 N–H and O–H groups in total. The Balaban J connectivity index is 1.74. The van der Waals surface area contributed by atoms with E-state index < -0.39 is 0 Å². The summed E-state index contributed by atoms with van der Waals surface area (Å²) >= 11 is 0. The van der Waals surface area contributed by atoms with Crippen LogP contribution < -0.4 is 14.2 Å². The number of nitrogens with zero attached hydrogens (tertiary/aromatic N) is 4. The zero-order valence-corrected chi connectivity index (χ0v) is 30.6. The maximum atomic E-state index is 12.3. The van der Waals surface area contributed by atoms with Gasteiger partial charge in [0.1, 0.15) is 48.5 Å². The van der Waals surface area contributed by atoms with Crippen LogP contribution in [0.2, 0.25) is 0 Å². The van der Waals surface area contributed by atoms with Gasteiger partial charge in [-0.1, -0.05) is 20.8 Å². The fourth-order valence-electron chi connectivity index (χ4n) is 5.22. The lowest BCUT2D eigenvalue weighted by molar-refractivity contribution is 0.100. The number of aryl methyl sites for hydroxylation is 1. The van der Waals surface area contributed by atoms with Crippen molar-refractivity contribution in [2.45, 2.75) is 60.8 Å². The molecule has 0 fully saturated rings. The zero-order chi connectivity index (χ0) is 36.6. The third kappa shape index (κ3) is 10.7. The lowest BCUT2D eigenvalue weighted by atomic mass is 10.0. The number of benzene rings is 3. The Morgan fingerprint density at radius 2 is 1.04 bits per heavy atom. The molecule has 0 saturated heterocycles. The molecule has 1 aromatic heterocycles. The first-order chi connectivity index (χ1) is 24.8. The van der Waals surface area contributed by atoms with Gasteiger partial charge in [-0.15, -0.1) is 4.91 Å². The van der Waals surface area contributed by atoms with Crippen LogP contribution in [0.25, 0.3) is 34.2 Å². The number of nitroso groups, excluding NO2 is 1. The Morgan fingerprint density at radius 3 is 1.57 bits per heavy atom. The number of aromatic nitrogens is 3. The average molecular weight is 703 g/mol. The summed E-state index contributed by atoms with van der Waals surface area (Å²) in [5.74, 6) is 2.48. The van der Waals surface area contributed by atoms with Crippen LogP contribution in [0, 0.1) is 25.7 Å². The van der Waals surface area contributed by atoms with E-state index in [1.807, 2.05) is 39.0 Å². The summed E-state index contributed by atoms with van der Waals surface area (Å²) < 4.78 is 34.4. The van der Waals surface area contributed by atoms with Gasteiger partial charge in [-0.2, -0.15) is 0 Å². The van der Waals surface area contributed by atoms with Crippen molar-refractivity contribution in [3.63, 3.8) is 0 Å². The number of phenolic OH excluding ortho intramolecular Hbond substituents is 1. The van der Waals surface area contributed by atoms with Gasteiger partial charge in [0, 0.05) is 42.1 Å². The van der Waals surface area contributed by atoms with E-state index >= 15 is 0 Å². The highest BCUT2D eigenvalue weighted by atomic mass is 16.5. The molecule has 0 bridgehead atoms. The molecule has 1 heterocycles. The molecule has 0 spiro atoms. The molecule has 0 amide bonds. The molecule has 0 atom stereocenters. The fourth-order valence-corrected chi connectivity index (χ4v) is 5.22. The first-order valence-electron chi connectivity index (χ1n) is 17.6. The van der Waals surface area contributed by atoms with E-state index in [4.69, 9.17) is 43.4 Å². The van der Waals surface area contributed by atoms with E-state index in [0.717, 1.165) is 30.6 Å². The first-order valence-corrected chi connectivity index (χ1v) is 17.6. The summed E-state index contributed by atoms with van der Waals surface area (Å²) in [4.78, 5) is 26.7. The molecule has 4 aromatic rings. The summed E-state index contributed by atoms with van der Waals surface area (Å²) in [7, 11) is 0. The van der Waals surface area contributed by atoms with Crippen molar-refractivity contribution in [3.8, 4) is 57.2 Å². The highest BCUT2D eigenvalue weighted by molar-refractivity contribution is 5.79. The van der Waals surface area contributed by atoms with Crippen molar-refractivity contribution < 1.29 is 33.5 Å². The Kier molecular flexibility index (Phi) is 15.6. The molecule has 274 valence electrons. The van der Waals surface area contributed by atoms with Crippen LogP contribution >= 0.6 is 0 Å². The number of rotatable bonds is 22. The van der Waals surface area contributed by atoms with Gasteiger partial charge in [-0.25, -0.2) is 15.0 Å². The normalized spacial score (nSPS) is 11.1. The Bertz CT molecular complexity index is 1730. The smallest absolute Gasteiger partial charge is 0.167 e. The predicted octanol–water partition coefficient (Wildman–Crippen LogP) is 8.32. The highest BCUT2D eigenvalue weighted by Crippen LogP contribution is 2.40. The molecule has 0 unspecified atom stereocenters. The van der Waals surface area contributed by atoms with E-state index in [1.165, 1.54) is 0 Å². The molecular weight excluding hydrogens is 652 g/mol. The van der Waals surface area contributed by atoms with Gasteiger partial charge in [0.25, 0.3) is 0 Å². The van der Waals surface area contributed by atoms with Gasteiger partial charge in [0.15, 0.2) is 17.5 Å². The lowest BCUT2D eigenvalue weighted by Crippen LogP contribution is -2.08. The van der Waals surface area contributed by atoms with Crippen molar-refractivity contribution in [1.82, 2.24) is 15.0 Å². The minimum Gasteiger partial charge on any atom is -0.507 e. The largest absolute Gasteiger partial charge is 0.507 e. The second-order valence-corrected chi connectivity index (χ2v) is 11.9. The summed E-state index contributed by atoms with van der Waals surface area (Å²) in [6.07, 6.45) is 2.79. The van der Waals surface area contributed by atoms with E-state index in [1.54, 1.807) is 38.1 Å². The lowest BCUT2D eigenvalue weighted by Gasteiger charge is -2.16. The van der Waals surface area contributed by atoms with Crippen LogP contribution in [0.1, 0.15) is 56.7 Å². The van der Waals surface area contributed by atoms with Crippen molar-refractivity contribution in [1.29, 1.82) is 0 Å². The topological polar surface area (TPSA) is 144 Å². The maximum absolute atomic E-state index is 12.3. The van der Waals surface area contributed by atoms with Gasteiger partial charge < -0.3 is 33.5 Å². The second kappa shape index (κ2) is 20.3. The second-order valence-electron chi connectivity index (χ2n) is 11.9. The van der Waals surface area contributed by atoms with Gasteiger partial charge in [-0.3, -0.25) is 0 Å². The molecule has 12 nitrogen and oxygen atoms in total. The van der Waals surface area contributed by atoms with Crippen LogP contribution in [-0.4, -0.2) is 79.5 Å². The van der Waals surface area contributed by atoms with Crippen LogP contribution in [0.5, 0.6) is 23.0 Å². The van der Waals surface area contributed by atoms with Crippen LogP contribution in [0.3, 0.4) is 0 Å². The zero-order valence-electron chi connectivity index (χ0n) is 30.6. The van der Waals surface area contributed by atoms with E-state index in [9.17, 15) is 10.0 Å². The van der Waals surface area contributed by atoms with Gasteiger partial charge in [0.2, 0.25) is 0 Å². The summed E-state index contributed by atoms with van der Waals surface area (Å²) in [5.41, 5.74) is 3.57. The maximum Gasteiger partial charge on any atom is 0.167 e. The van der Waals surface area contributed by atoms with Crippen molar-refractivity contribution in [3.05, 3.63) is 64.1 Å². The molecule has 0 radical (unpaired) electrons. The number of phenols is 1. The molecule has 12 heteroatoms. The van der Waals surface area contributed by atoms with Crippen LogP contribution in [0.4, 0.5) is 5.69 Å². The quantitative estimate of drug-likeness (QED) is 0.0624. The highest BCUT2D eigenvalue weighted by Gasteiger charge is 2.21. The first kappa shape index (κ1) is 39.1. The minimum absolute atomic E-state index is 0.0331. The third-order valence-corrected chi connectivity index (χ3v) is 7.91. The molecule has 0 aliphatic rings. The molecular formula is C39H50N4O8. The van der Waals surface area contributed by atoms with Gasteiger partial charge in [-0.05, 0) is 93.2 Å². The number of ether oxygens (including phenoxy) is 6. The van der Waals surface area contributed by atoms with Crippen LogP contribution in [-0.2, 0) is 14.2 Å². The molecule has 3 aromatic carbocycles. The SMILES string of the molecule is CCCOCCOc1ccc(-c2nc(-c3ccc(OCCOCCC)c(C)c3O)nc(-c3ccc(OCCOCCC)c(C)c3N=O)n2)cc1C. The molecule has 0 saturated carbocycles. The van der Waals surface area contributed by atoms with E-state index in [-0.39, 0.29) is 23.1 Å². The number of hydrogen-bond donors (Lipinski definition) is 1. The Hall–Kier alpha value is -4.65. The monoisotopic (exact) mass is 702 g/mol. The van der Waals surface area contributed by atoms with Gasteiger partial charge in [0.05, 0.1) is 25.4 Å². The molecule has 0 aliphatic heterocycles. The van der Waals surface area contributed by atoms with E-state index in [2.05, 4.69) is 12.1 Å². The minimum atomic E-state index is -0.0331. The van der Waals surface area contributed by atoms with Crippen molar-refractivity contribution >= 4 is 5.69 Å². The van der Waals surface area contributed by atoms with Crippen molar-refractivity contribution in [2.75, 3.05) is 59.5 Å². The van der Waals surface area contributed by atoms with Crippen LogP contribution in [0.15, 0.2) is 47.6 Å². The summed E-state index contributed by atoms with van der Waals surface area (Å²) in [6, 6.07) is 12.6. The summed E-state index contributed by atoms with van der Waals surface area (Å²) in [5, 5.41) is 14.8. The Labute approximate surface area is 300 Å². The number of hydrogen-bond acceptors (Lipinski definition) is 12. The molecule has 51 heavy (non-hydrogen) atoms. The van der Waals surface area contributed by atoms with Gasteiger partial charge >= 0.3 is 0 Å². The fraction of sp³-hybridized carbons (Fsp3) is 0.462. The third-order valence-electron chi connectivity index (χ3n) is 7.91. The average Bonchev–Trinajstić information content (AvgIpc) is 3.13. The Morgan fingerprint density at radius 1 is 0.569 bits per heavy atom. The molecule has 4 rings (SSSR count). The predicted molar refractivity (Wildman–Crippen MR) is 197 cm³/mol. The standard InChI is InChI=1S/C39H50N4O8/c1-7-16-46-19-22-49-32-13-10-29(25-26(32)4)37-40-38(30-11-14-33(27(5)35(30)43-45)50-23-20-47-17-8-2)42-39(41-37)31-12-15-34(28(6)36(31)44)51-24-21-48-18-9-3/h10-15,25,44H,7-9,16-24H2,1-6H3. The summed E-state index contributed by atoms with van der Waals surface area (Å²) in [6.45, 7) is 16.1. The van der Waals surface area contributed by atoms with Crippen molar-refractivity contribution in [2.24, 2.45) is 5.18 Å².